The molecule has 2 aliphatic heterocycles. The number of nitrogens with one attached hydrogen (secondary N) is 1. The van der Waals surface area contributed by atoms with Crippen molar-refractivity contribution in [3.63, 3.8) is 0 Å². The van der Waals surface area contributed by atoms with Crippen LogP contribution in [0.3, 0.4) is 0 Å². The van der Waals surface area contributed by atoms with Gasteiger partial charge in [-0.15, -0.1) is 12.4 Å². The third kappa shape index (κ3) is 3.25. The van der Waals surface area contributed by atoms with Gasteiger partial charge >= 0.3 is 0 Å². The molecule has 5 nitrogen and oxygen atoms in total. The molecule has 1 N–H and O–H groups in total. The molecule has 3 rings (SSSR count). The number of ether oxygens (including phenoxy) is 1. The zero-order valence-electron chi connectivity index (χ0n) is 12.9. The first-order valence-corrected chi connectivity index (χ1v) is 8.85. The van der Waals surface area contributed by atoms with Crippen LogP contribution < -0.4 is 10.1 Å². The molecule has 0 radical (unpaired) electrons. The Kier molecular flexibility index (Phi) is 5.37. The van der Waals surface area contributed by atoms with E-state index in [0.29, 0.717) is 24.9 Å². The van der Waals surface area contributed by atoms with E-state index in [1.807, 2.05) is 13.0 Å². The van der Waals surface area contributed by atoms with Crippen LogP contribution in [0, 0.1) is 6.92 Å². The first-order chi connectivity index (χ1) is 10.0. The normalized spacial score (nSPS) is 25.4. The lowest BCUT2D eigenvalue weighted by Crippen LogP contribution is -2.39. The lowest BCUT2D eigenvalue weighted by atomic mass is 10.1. The number of methoxy groups -OCH3 is 1. The van der Waals surface area contributed by atoms with Crippen molar-refractivity contribution in [1.82, 2.24) is 9.62 Å². The van der Waals surface area contributed by atoms with Gasteiger partial charge in [-0.2, -0.15) is 4.31 Å². The minimum absolute atomic E-state index is 0. The summed E-state index contributed by atoms with van der Waals surface area (Å²) in [5, 5.41) is 3.51. The van der Waals surface area contributed by atoms with Gasteiger partial charge in [0, 0.05) is 25.2 Å². The van der Waals surface area contributed by atoms with Crippen LogP contribution in [-0.4, -0.2) is 45.0 Å². The molecule has 7 heteroatoms. The van der Waals surface area contributed by atoms with E-state index in [1.165, 1.54) is 7.11 Å². The average molecular weight is 347 g/mol. The third-order valence-electron chi connectivity index (χ3n) is 4.42. The van der Waals surface area contributed by atoms with Gasteiger partial charge in [-0.25, -0.2) is 8.42 Å². The molecule has 2 atom stereocenters. The van der Waals surface area contributed by atoms with Crippen molar-refractivity contribution in [2.45, 2.75) is 43.2 Å². The number of hydrogen-bond acceptors (Lipinski definition) is 4. The van der Waals surface area contributed by atoms with Crippen LogP contribution in [0.1, 0.15) is 24.8 Å². The number of fused-ring (bicyclic) bond motifs is 2. The Bertz CT molecular complexity index is 636. The molecule has 2 fully saturated rings. The van der Waals surface area contributed by atoms with Crippen molar-refractivity contribution in [1.29, 1.82) is 0 Å². The smallest absolute Gasteiger partial charge is 0.246 e. The highest BCUT2D eigenvalue weighted by Crippen LogP contribution is 2.30. The van der Waals surface area contributed by atoms with Gasteiger partial charge in [0.25, 0.3) is 0 Å². The number of sulfonamides is 1. The molecule has 0 saturated carbocycles. The number of hydrogen-bond donors (Lipinski definition) is 1. The minimum atomic E-state index is -3.50. The van der Waals surface area contributed by atoms with Crippen molar-refractivity contribution in [2.75, 3.05) is 20.2 Å². The van der Waals surface area contributed by atoms with E-state index < -0.39 is 10.0 Å². The molecule has 2 saturated heterocycles. The predicted octanol–water partition coefficient (Wildman–Crippen LogP) is 1.94. The summed E-state index contributed by atoms with van der Waals surface area (Å²) in [6, 6.07) is 6.04. The van der Waals surface area contributed by atoms with Gasteiger partial charge in [-0.3, -0.25) is 0 Å². The molecule has 2 heterocycles. The molecule has 2 aliphatic rings. The summed E-state index contributed by atoms with van der Waals surface area (Å²) in [5.41, 5.74) is 0.920. The Balaban J connectivity index is 0.00000176. The lowest BCUT2D eigenvalue weighted by Gasteiger charge is -2.24. The molecule has 2 unspecified atom stereocenters. The highest BCUT2D eigenvalue weighted by Gasteiger charge is 2.36. The summed E-state index contributed by atoms with van der Waals surface area (Å²) in [4.78, 5) is 0.280. The quantitative estimate of drug-likeness (QED) is 0.908. The summed E-state index contributed by atoms with van der Waals surface area (Å²) in [6.07, 6.45) is 3.10. The van der Waals surface area contributed by atoms with Crippen molar-refractivity contribution in [3.05, 3.63) is 23.8 Å². The van der Waals surface area contributed by atoms with E-state index in [2.05, 4.69) is 5.32 Å². The Morgan fingerprint density at radius 3 is 2.68 bits per heavy atom. The fourth-order valence-corrected chi connectivity index (χ4v) is 4.99. The highest BCUT2D eigenvalue weighted by molar-refractivity contribution is 7.89. The van der Waals surface area contributed by atoms with Crippen molar-refractivity contribution < 1.29 is 13.2 Å². The summed E-state index contributed by atoms with van der Waals surface area (Å²) in [6.45, 7) is 3.02. The van der Waals surface area contributed by atoms with Crippen LogP contribution in [0.5, 0.6) is 5.75 Å². The van der Waals surface area contributed by atoms with Crippen LogP contribution in [0.4, 0.5) is 0 Å². The molecule has 0 amide bonds. The van der Waals surface area contributed by atoms with Crippen LogP contribution in [0.25, 0.3) is 0 Å². The fourth-order valence-electron chi connectivity index (χ4n) is 3.25. The van der Waals surface area contributed by atoms with Gasteiger partial charge in [0.2, 0.25) is 10.0 Å². The number of aryl methyl sites for hydroxylation is 1. The molecule has 1 aromatic rings. The second kappa shape index (κ2) is 6.74. The van der Waals surface area contributed by atoms with E-state index in [9.17, 15) is 8.42 Å². The van der Waals surface area contributed by atoms with Gasteiger partial charge in [0.15, 0.2) is 0 Å². The number of rotatable bonds is 3. The second-order valence-electron chi connectivity index (χ2n) is 5.94. The van der Waals surface area contributed by atoms with E-state index in [0.717, 1.165) is 24.8 Å². The molecular formula is C15H23ClN2O3S. The standard InChI is InChI=1S/C15H22N2O3S.ClH/c1-11-3-6-14(20-2)15(9-11)21(18,19)17-8-7-12-4-5-13(10-17)16-12;/h3,6,9,12-13,16H,4-5,7-8,10H2,1-2H3;1H. The monoisotopic (exact) mass is 346 g/mol. The van der Waals surface area contributed by atoms with Crippen molar-refractivity contribution in [3.8, 4) is 5.75 Å². The van der Waals surface area contributed by atoms with Gasteiger partial charge in [0.1, 0.15) is 10.6 Å². The predicted molar refractivity (Wildman–Crippen MR) is 88.3 cm³/mol. The topological polar surface area (TPSA) is 58.6 Å². The molecule has 0 aromatic heterocycles. The van der Waals surface area contributed by atoms with Gasteiger partial charge in [0.05, 0.1) is 7.11 Å². The Labute approximate surface area is 138 Å². The third-order valence-corrected chi connectivity index (χ3v) is 6.31. The van der Waals surface area contributed by atoms with Gasteiger partial charge in [-0.05, 0) is 43.9 Å². The molecular weight excluding hydrogens is 324 g/mol. The molecule has 1 aromatic carbocycles. The Morgan fingerprint density at radius 2 is 1.95 bits per heavy atom. The van der Waals surface area contributed by atoms with Crippen LogP contribution in [-0.2, 0) is 10.0 Å². The maximum absolute atomic E-state index is 13.0. The molecule has 124 valence electrons. The summed E-state index contributed by atoms with van der Waals surface area (Å²) in [5.74, 6) is 0.419. The minimum Gasteiger partial charge on any atom is -0.495 e. The van der Waals surface area contributed by atoms with E-state index >= 15 is 0 Å². The van der Waals surface area contributed by atoms with Crippen LogP contribution in [0.2, 0.25) is 0 Å². The average Bonchev–Trinajstić information content (AvgIpc) is 2.77. The van der Waals surface area contributed by atoms with Gasteiger partial charge in [-0.1, -0.05) is 6.07 Å². The highest BCUT2D eigenvalue weighted by atomic mass is 35.5. The molecule has 2 bridgehead atoms. The number of benzene rings is 1. The Hall–Kier alpha value is -0.820. The zero-order chi connectivity index (χ0) is 15.0. The first-order valence-electron chi connectivity index (χ1n) is 7.41. The maximum atomic E-state index is 13.0. The number of halogens is 1. The fraction of sp³-hybridized carbons (Fsp3) is 0.600. The second-order valence-corrected chi connectivity index (χ2v) is 7.85. The Morgan fingerprint density at radius 1 is 1.23 bits per heavy atom. The SMILES string of the molecule is COc1ccc(C)cc1S(=O)(=O)N1CCC2CCC(C1)N2.Cl. The first kappa shape index (κ1) is 17.5. The molecule has 0 aliphatic carbocycles. The van der Waals surface area contributed by atoms with Crippen LogP contribution >= 0.6 is 12.4 Å². The lowest BCUT2D eigenvalue weighted by molar-refractivity contribution is 0.373. The van der Waals surface area contributed by atoms with Crippen LogP contribution in [0.15, 0.2) is 23.1 Å². The van der Waals surface area contributed by atoms with E-state index in [1.54, 1.807) is 16.4 Å². The maximum Gasteiger partial charge on any atom is 0.246 e. The summed E-state index contributed by atoms with van der Waals surface area (Å²) >= 11 is 0. The summed E-state index contributed by atoms with van der Waals surface area (Å²) in [7, 11) is -2.00. The zero-order valence-corrected chi connectivity index (χ0v) is 14.5. The summed E-state index contributed by atoms with van der Waals surface area (Å²) < 4.78 is 32.8. The molecule has 22 heavy (non-hydrogen) atoms. The van der Waals surface area contributed by atoms with Gasteiger partial charge < -0.3 is 10.1 Å². The van der Waals surface area contributed by atoms with Crippen molar-refractivity contribution >= 4 is 22.4 Å². The largest absolute Gasteiger partial charge is 0.495 e. The van der Waals surface area contributed by atoms with Crippen molar-refractivity contribution in [2.24, 2.45) is 0 Å². The van der Waals surface area contributed by atoms with E-state index in [4.69, 9.17) is 4.74 Å². The molecule has 0 spiro atoms. The van der Waals surface area contributed by atoms with E-state index in [-0.39, 0.29) is 23.3 Å². The number of nitrogens with zero attached hydrogens (tertiary/aromatic N) is 1.